The molecule has 13 heavy (non-hydrogen) atoms. The Hall–Kier alpha value is -0.870. The lowest BCUT2D eigenvalue weighted by molar-refractivity contribution is 0.671. The second kappa shape index (κ2) is 4.39. The van der Waals surface area contributed by atoms with Crippen LogP contribution in [0.15, 0.2) is 11.6 Å². The fourth-order valence-electron chi connectivity index (χ4n) is 0.915. The predicted octanol–water partition coefficient (Wildman–Crippen LogP) is 0.966. The van der Waals surface area contributed by atoms with Gasteiger partial charge in [-0.3, -0.25) is 0 Å². The van der Waals surface area contributed by atoms with E-state index in [2.05, 4.69) is 22.1 Å². The highest BCUT2D eigenvalue weighted by molar-refractivity contribution is 6.29. The van der Waals surface area contributed by atoms with E-state index in [-0.39, 0.29) is 0 Å². The highest BCUT2D eigenvalue weighted by Crippen LogP contribution is 1.98. The van der Waals surface area contributed by atoms with Gasteiger partial charge in [-0.2, -0.15) is 0 Å². The van der Waals surface area contributed by atoms with Crippen molar-refractivity contribution in [3.63, 3.8) is 0 Å². The van der Waals surface area contributed by atoms with Gasteiger partial charge >= 0.3 is 0 Å². The molecule has 0 radical (unpaired) electrons. The van der Waals surface area contributed by atoms with Crippen molar-refractivity contribution in [2.45, 2.75) is 13.5 Å². The highest BCUT2D eigenvalue weighted by atomic mass is 35.5. The van der Waals surface area contributed by atoms with Gasteiger partial charge in [0.05, 0.1) is 6.54 Å². The van der Waals surface area contributed by atoms with E-state index in [0.717, 1.165) is 11.6 Å². The molecule has 72 valence electrons. The highest BCUT2D eigenvalue weighted by Gasteiger charge is 2.03. The van der Waals surface area contributed by atoms with Crippen molar-refractivity contribution < 1.29 is 0 Å². The Bertz CT molecular complexity index is 305. The summed E-state index contributed by atoms with van der Waals surface area (Å²) in [4.78, 5) is 0. The first-order chi connectivity index (χ1) is 6.11. The van der Waals surface area contributed by atoms with Crippen LogP contribution in [0.5, 0.6) is 0 Å². The molecule has 0 aliphatic carbocycles. The van der Waals surface area contributed by atoms with E-state index in [1.165, 1.54) is 0 Å². The molecule has 0 unspecified atom stereocenters. The molecule has 0 aliphatic heterocycles. The van der Waals surface area contributed by atoms with E-state index < -0.39 is 0 Å². The molecule has 1 rings (SSSR count). The zero-order valence-corrected chi connectivity index (χ0v) is 8.60. The normalized spacial score (nSPS) is 10.4. The molecule has 0 amide bonds. The van der Waals surface area contributed by atoms with Gasteiger partial charge in [0.15, 0.2) is 0 Å². The number of aryl methyl sites for hydroxylation is 1. The van der Waals surface area contributed by atoms with Crippen LogP contribution in [-0.4, -0.2) is 21.3 Å². The van der Waals surface area contributed by atoms with Crippen LogP contribution in [0.2, 0.25) is 0 Å². The van der Waals surface area contributed by atoms with Crippen LogP contribution < -0.4 is 5.32 Å². The summed E-state index contributed by atoms with van der Waals surface area (Å²) in [5.74, 6) is 1.80. The molecule has 1 aromatic rings. The lowest BCUT2D eigenvalue weighted by atomic mass is 10.5. The number of halogens is 1. The average Bonchev–Trinajstić information content (AvgIpc) is 2.35. The summed E-state index contributed by atoms with van der Waals surface area (Å²) in [5, 5.41) is 11.6. The van der Waals surface area contributed by atoms with Crippen molar-refractivity contribution in [2.24, 2.45) is 7.05 Å². The lowest BCUT2D eigenvalue weighted by Crippen LogP contribution is -2.17. The Morgan fingerprint density at radius 1 is 1.62 bits per heavy atom. The van der Waals surface area contributed by atoms with E-state index >= 15 is 0 Å². The number of hydrogen-bond donors (Lipinski definition) is 1. The van der Waals surface area contributed by atoms with Gasteiger partial charge in [-0.25, -0.2) is 0 Å². The second-order valence-electron chi connectivity index (χ2n) is 2.84. The van der Waals surface area contributed by atoms with Crippen LogP contribution in [0.1, 0.15) is 11.6 Å². The first-order valence-corrected chi connectivity index (χ1v) is 4.38. The zero-order valence-electron chi connectivity index (χ0n) is 7.84. The number of nitrogens with one attached hydrogen (secondary N) is 1. The van der Waals surface area contributed by atoms with Gasteiger partial charge in [0.1, 0.15) is 11.6 Å². The summed E-state index contributed by atoms with van der Waals surface area (Å²) < 4.78 is 1.93. The maximum atomic E-state index is 5.59. The third kappa shape index (κ3) is 2.82. The summed E-state index contributed by atoms with van der Waals surface area (Å²) in [6.45, 7) is 6.73. The number of rotatable bonds is 4. The molecular formula is C8H13ClN4. The molecule has 0 fully saturated rings. The van der Waals surface area contributed by atoms with Crippen molar-refractivity contribution >= 4 is 11.6 Å². The Kier molecular flexibility index (Phi) is 3.45. The quantitative estimate of drug-likeness (QED) is 0.788. The lowest BCUT2D eigenvalue weighted by Gasteiger charge is -2.02. The Labute approximate surface area is 82.6 Å². The maximum Gasteiger partial charge on any atom is 0.146 e. The molecule has 1 heterocycles. The smallest absolute Gasteiger partial charge is 0.146 e. The average molecular weight is 201 g/mol. The van der Waals surface area contributed by atoms with Crippen molar-refractivity contribution in [3.8, 4) is 0 Å². The van der Waals surface area contributed by atoms with E-state index in [1.807, 2.05) is 18.5 Å². The maximum absolute atomic E-state index is 5.59. The molecule has 1 aromatic heterocycles. The van der Waals surface area contributed by atoms with Crippen LogP contribution >= 0.6 is 11.6 Å². The number of nitrogens with zero attached hydrogens (tertiary/aromatic N) is 3. The van der Waals surface area contributed by atoms with Crippen molar-refractivity contribution in [2.75, 3.05) is 6.54 Å². The topological polar surface area (TPSA) is 42.7 Å². The number of hydrogen-bond acceptors (Lipinski definition) is 3. The van der Waals surface area contributed by atoms with Crippen LogP contribution in [0.25, 0.3) is 0 Å². The van der Waals surface area contributed by atoms with Gasteiger partial charge in [-0.15, -0.1) is 10.2 Å². The summed E-state index contributed by atoms with van der Waals surface area (Å²) in [6.07, 6.45) is 0. The third-order valence-corrected chi connectivity index (χ3v) is 1.92. The first-order valence-electron chi connectivity index (χ1n) is 4.00. The summed E-state index contributed by atoms with van der Waals surface area (Å²) >= 11 is 5.59. The fraction of sp³-hybridized carbons (Fsp3) is 0.500. The predicted molar refractivity (Wildman–Crippen MR) is 52.4 cm³/mol. The minimum absolute atomic E-state index is 0.591. The van der Waals surface area contributed by atoms with Gasteiger partial charge in [-0.05, 0) is 6.92 Å². The van der Waals surface area contributed by atoms with Gasteiger partial charge in [0, 0.05) is 18.6 Å². The Morgan fingerprint density at radius 2 is 2.31 bits per heavy atom. The molecule has 0 spiro atoms. The summed E-state index contributed by atoms with van der Waals surface area (Å²) in [7, 11) is 1.93. The molecule has 5 heteroatoms. The standard InChI is InChI=1S/C8H13ClN4/c1-6(9)4-10-5-8-12-11-7(2)13(8)3/h10H,1,4-5H2,2-3H3. The molecular weight excluding hydrogens is 188 g/mol. The minimum Gasteiger partial charge on any atom is -0.317 e. The van der Waals surface area contributed by atoms with Crippen LogP contribution in [0, 0.1) is 6.92 Å². The van der Waals surface area contributed by atoms with E-state index in [4.69, 9.17) is 11.6 Å². The van der Waals surface area contributed by atoms with Gasteiger partial charge in [0.2, 0.25) is 0 Å². The molecule has 0 bridgehead atoms. The van der Waals surface area contributed by atoms with E-state index in [1.54, 1.807) is 0 Å². The summed E-state index contributed by atoms with van der Waals surface area (Å²) in [5.41, 5.74) is 0. The fourth-order valence-corrected chi connectivity index (χ4v) is 1.01. The molecule has 0 aliphatic rings. The Balaban J connectivity index is 2.45. The van der Waals surface area contributed by atoms with Gasteiger partial charge < -0.3 is 9.88 Å². The SMILES string of the molecule is C=C(Cl)CNCc1nnc(C)n1C. The van der Waals surface area contributed by atoms with Crippen LogP contribution in [-0.2, 0) is 13.6 Å². The Morgan fingerprint density at radius 3 is 2.77 bits per heavy atom. The molecule has 0 atom stereocenters. The van der Waals surface area contributed by atoms with Gasteiger partial charge in [0.25, 0.3) is 0 Å². The molecule has 0 saturated heterocycles. The third-order valence-electron chi connectivity index (χ3n) is 1.78. The molecule has 0 aromatic carbocycles. The molecule has 4 nitrogen and oxygen atoms in total. The summed E-state index contributed by atoms with van der Waals surface area (Å²) in [6, 6.07) is 0. The van der Waals surface area contributed by atoms with Crippen LogP contribution in [0.3, 0.4) is 0 Å². The minimum atomic E-state index is 0.591. The monoisotopic (exact) mass is 200 g/mol. The van der Waals surface area contributed by atoms with E-state index in [0.29, 0.717) is 18.1 Å². The first kappa shape index (κ1) is 10.2. The van der Waals surface area contributed by atoms with Gasteiger partial charge in [-0.1, -0.05) is 18.2 Å². The van der Waals surface area contributed by atoms with Crippen molar-refractivity contribution in [1.82, 2.24) is 20.1 Å². The van der Waals surface area contributed by atoms with Crippen molar-refractivity contribution in [3.05, 3.63) is 23.3 Å². The van der Waals surface area contributed by atoms with Crippen molar-refractivity contribution in [1.29, 1.82) is 0 Å². The zero-order chi connectivity index (χ0) is 9.84. The second-order valence-corrected chi connectivity index (χ2v) is 3.38. The largest absolute Gasteiger partial charge is 0.317 e. The van der Waals surface area contributed by atoms with Crippen LogP contribution in [0.4, 0.5) is 0 Å². The molecule has 1 N–H and O–H groups in total. The number of aromatic nitrogens is 3. The molecule has 0 saturated carbocycles. The van der Waals surface area contributed by atoms with E-state index in [9.17, 15) is 0 Å².